The molecule has 1 aliphatic rings. The summed E-state index contributed by atoms with van der Waals surface area (Å²) >= 11 is 0. The zero-order valence-corrected chi connectivity index (χ0v) is 21.5. The molecule has 8 nitrogen and oxygen atoms in total. The zero-order chi connectivity index (χ0) is 25.5. The van der Waals surface area contributed by atoms with Crippen molar-refractivity contribution in [2.75, 3.05) is 39.2 Å². The first-order valence-electron chi connectivity index (χ1n) is 12.7. The van der Waals surface area contributed by atoms with E-state index in [9.17, 15) is 9.59 Å². The van der Waals surface area contributed by atoms with Crippen molar-refractivity contribution in [2.24, 2.45) is 0 Å². The van der Waals surface area contributed by atoms with Crippen LogP contribution in [0.5, 0.6) is 5.75 Å². The van der Waals surface area contributed by atoms with Gasteiger partial charge in [-0.25, -0.2) is 4.98 Å². The van der Waals surface area contributed by atoms with Crippen LogP contribution in [0.2, 0.25) is 0 Å². The molecule has 0 N–H and O–H groups in total. The Balaban J connectivity index is 1.68. The van der Waals surface area contributed by atoms with Gasteiger partial charge in [0.05, 0.1) is 25.4 Å². The standard InChI is InChI=1S/C28H36N4O4/c1-30(2)26(33)12-13-27(34)32(20-24-9-8-16-36-24)19-22-17-21-10-11-23(35-3)18-25(21)29-28(22)31-14-6-4-5-7-15-31/h8-11,16-18H,4-7,12-15,19-20H2,1-3H3. The van der Waals surface area contributed by atoms with E-state index in [1.807, 2.05) is 30.3 Å². The molecule has 3 aromatic rings. The van der Waals surface area contributed by atoms with Gasteiger partial charge in [0, 0.05) is 63.6 Å². The minimum atomic E-state index is -0.0850. The molecule has 192 valence electrons. The Kier molecular flexibility index (Phi) is 8.46. The van der Waals surface area contributed by atoms with Gasteiger partial charge in [-0.3, -0.25) is 9.59 Å². The van der Waals surface area contributed by atoms with Gasteiger partial charge in [0.25, 0.3) is 0 Å². The van der Waals surface area contributed by atoms with Crippen LogP contribution >= 0.6 is 0 Å². The van der Waals surface area contributed by atoms with E-state index in [1.165, 1.54) is 17.7 Å². The summed E-state index contributed by atoms with van der Waals surface area (Å²) < 4.78 is 11.0. The fourth-order valence-corrected chi connectivity index (χ4v) is 4.60. The van der Waals surface area contributed by atoms with Gasteiger partial charge in [-0.05, 0) is 43.2 Å². The lowest BCUT2D eigenvalue weighted by molar-refractivity contribution is -0.136. The number of carbonyl (C=O) groups excluding carboxylic acids is 2. The first-order chi connectivity index (χ1) is 17.4. The molecular weight excluding hydrogens is 456 g/mol. The molecule has 2 amide bonds. The third-order valence-corrected chi connectivity index (χ3v) is 6.68. The fraction of sp³-hybridized carbons (Fsp3) is 0.464. The van der Waals surface area contributed by atoms with E-state index in [4.69, 9.17) is 14.1 Å². The number of carbonyl (C=O) groups is 2. The van der Waals surface area contributed by atoms with E-state index in [1.54, 1.807) is 32.4 Å². The van der Waals surface area contributed by atoms with Crippen molar-refractivity contribution in [1.29, 1.82) is 0 Å². The maximum absolute atomic E-state index is 13.4. The van der Waals surface area contributed by atoms with Crippen LogP contribution in [0.25, 0.3) is 10.9 Å². The predicted octanol–water partition coefficient (Wildman–Crippen LogP) is 4.61. The van der Waals surface area contributed by atoms with Gasteiger partial charge in [0.15, 0.2) is 0 Å². The molecule has 0 bridgehead atoms. The highest BCUT2D eigenvalue weighted by Gasteiger charge is 2.22. The van der Waals surface area contributed by atoms with E-state index in [-0.39, 0.29) is 24.7 Å². The number of hydrogen-bond acceptors (Lipinski definition) is 6. The zero-order valence-electron chi connectivity index (χ0n) is 21.5. The molecule has 0 aliphatic carbocycles. The van der Waals surface area contributed by atoms with Crippen molar-refractivity contribution in [3.63, 3.8) is 0 Å². The SMILES string of the molecule is COc1ccc2cc(CN(Cc3ccco3)C(=O)CCC(=O)N(C)C)c(N3CCCCCC3)nc2c1. The molecule has 8 heteroatoms. The lowest BCUT2D eigenvalue weighted by Gasteiger charge is -2.28. The molecule has 36 heavy (non-hydrogen) atoms. The van der Waals surface area contributed by atoms with E-state index < -0.39 is 0 Å². The van der Waals surface area contributed by atoms with E-state index >= 15 is 0 Å². The average Bonchev–Trinajstić information content (AvgIpc) is 3.25. The van der Waals surface area contributed by atoms with Crippen LogP contribution in [-0.4, -0.2) is 60.9 Å². The molecule has 0 unspecified atom stereocenters. The smallest absolute Gasteiger partial charge is 0.223 e. The summed E-state index contributed by atoms with van der Waals surface area (Å²) in [4.78, 5) is 36.2. The first kappa shape index (κ1) is 25.5. The van der Waals surface area contributed by atoms with Crippen LogP contribution in [0.15, 0.2) is 47.1 Å². The summed E-state index contributed by atoms with van der Waals surface area (Å²) in [5.74, 6) is 2.24. The number of anilines is 1. The molecule has 1 aliphatic heterocycles. The molecule has 0 saturated carbocycles. The normalized spacial score (nSPS) is 13.9. The Morgan fingerprint density at radius 1 is 1.00 bits per heavy atom. The van der Waals surface area contributed by atoms with Gasteiger partial charge < -0.3 is 23.9 Å². The van der Waals surface area contributed by atoms with Gasteiger partial charge >= 0.3 is 0 Å². The number of hydrogen-bond donors (Lipinski definition) is 0. The number of amides is 2. The van der Waals surface area contributed by atoms with Crippen molar-refractivity contribution in [3.05, 3.63) is 54.0 Å². The molecule has 0 spiro atoms. The Morgan fingerprint density at radius 2 is 1.75 bits per heavy atom. The average molecular weight is 493 g/mol. The Bertz CT molecular complexity index is 1170. The number of furan rings is 1. The third-order valence-electron chi connectivity index (χ3n) is 6.68. The minimum Gasteiger partial charge on any atom is -0.497 e. The van der Waals surface area contributed by atoms with Gasteiger partial charge in [-0.2, -0.15) is 0 Å². The van der Waals surface area contributed by atoms with Gasteiger partial charge in [0.1, 0.15) is 17.3 Å². The number of benzene rings is 1. The summed E-state index contributed by atoms with van der Waals surface area (Å²) in [6.45, 7) is 2.61. The van der Waals surface area contributed by atoms with Crippen LogP contribution < -0.4 is 9.64 Å². The van der Waals surface area contributed by atoms with Crippen LogP contribution in [-0.2, 0) is 22.7 Å². The lowest BCUT2D eigenvalue weighted by atomic mass is 10.1. The fourth-order valence-electron chi connectivity index (χ4n) is 4.60. The number of methoxy groups -OCH3 is 1. The Hall–Kier alpha value is -3.55. The second kappa shape index (κ2) is 11.9. The minimum absolute atomic E-state index is 0.0622. The number of pyridine rings is 1. The molecule has 0 atom stereocenters. The van der Waals surface area contributed by atoms with Crippen LogP contribution in [0.1, 0.15) is 49.8 Å². The maximum atomic E-state index is 13.4. The topological polar surface area (TPSA) is 79.1 Å². The summed E-state index contributed by atoms with van der Waals surface area (Å²) in [6.07, 6.45) is 6.62. The molecule has 0 radical (unpaired) electrons. The van der Waals surface area contributed by atoms with Crippen molar-refractivity contribution < 1.29 is 18.7 Å². The van der Waals surface area contributed by atoms with Crippen molar-refractivity contribution in [3.8, 4) is 5.75 Å². The maximum Gasteiger partial charge on any atom is 0.223 e. The lowest BCUT2D eigenvalue weighted by Crippen LogP contribution is -2.33. The number of aromatic nitrogens is 1. The van der Waals surface area contributed by atoms with Crippen LogP contribution in [0, 0.1) is 0 Å². The molecule has 1 saturated heterocycles. The van der Waals surface area contributed by atoms with E-state index in [2.05, 4.69) is 11.0 Å². The summed E-state index contributed by atoms with van der Waals surface area (Å²) in [5.41, 5.74) is 1.87. The molecule has 3 heterocycles. The highest BCUT2D eigenvalue weighted by atomic mass is 16.5. The summed E-state index contributed by atoms with van der Waals surface area (Å²) in [5, 5.41) is 0.998. The second-order valence-corrected chi connectivity index (χ2v) is 9.55. The molecular formula is C28H36N4O4. The van der Waals surface area contributed by atoms with Gasteiger partial charge in [-0.1, -0.05) is 12.8 Å². The van der Waals surface area contributed by atoms with Crippen molar-refractivity contribution in [2.45, 2.75) is 51.6 Å². The van der Waals surface area contributed by atoms with Gasteiger partial charge in [-0.15, -0.1) is 0 Å². The highest BCUT2D eigenvalue weighted by molar-refractivity contribution is 5.85. The third kappa shape index (κ3) is 6.36. The monoisotopic (exact) mass is 492 g/mol. The molecule has 4 rings (SSSR count). The first-order valence-corrected chi connectivity index (χ1v) is 12.7. The van der Waals surface area contributed by atoms with Gasteiger partial charge in [0.2, 0.25) is 11.8 Å². The highest BCUT2D eigenvalue weighted by Crippen LogP contribution is 2.29. The molecule has 1 fully saturated rings. The van der Waals surface area contributed by atoms with Crippen LogP contribution in [0.4, 0.5) is 5.82 Å². The quantitative estimate of drug-likeness (QED) is 0.434. The number of rotatable bonds is 9. The summed E-state index contributed by atoms with van der Waals surface area (Å²) in [6, 6.07) is 11.7. The molecule has 1 aromatic carbocycles. The van der Waals surface area contributed by atoms with Crippen molar-refractivity contribution >= 4 is 28.5 Å². The van der Waals surface area contributed by atoms with Crippen molar-refractivity contribution in [1.82, 2.24) is 14.8 Å². The van der Waals surface area contributed by atoms with Crippen LogP contribution in [0.3, 0.4) is 0 Å². The number of fused-ring (bicyclic) bond motifs is 1. The number of nitrogens with zero attached hydrogens (tertiary/aromatic N) is 4. The Morgan fingerprint density at radius 3 is 2.42 bits per heavy atom. The van der Waals surface area contributed by atoms with E-state index in [0.29, 0.717) is 18.8 Å². The second-order valence-electron chi connectivity index (χ2n) is 9.55. The molecule has 2 aromatic heterocycles. The van der Waals surface area contributed by atoms with E-state index in [0.717, 1.165) is 54.0 Å². The predicted molar refractivity (Wildman–Crippen MR) is 140 cm³/mol. The summed E-state index contributed by atoms with van der Waals surface area (Å²) in [7, 11) is 5.07. The number of ether oxygens (including phenoxy) is 1. The largest absolute Gasteiger partial charge is 0.497 e. The Labute approximate surface area is 212 Å².